The largest absolute Gasteiger partial charge is 0.356 e. The monoisotopic (exact) mass is 308 g/mol. The van der Waals surface area contributed by atoms with Crippen molar-refractivity contribution in [1.29, 1.82) is 0 Å². The van der Waals surface area contributed by atoms with Crippen molar-refractivity contribution >= 4 is 5.96 Å². The number of nitrogens with zero attached hydrogens (tertiary/aromatic N) is 3. The Kier molecular flexibility index (Phi) is 5.76. The highest BCUT2D eigenvalue weighted by molar-refractivity contribution is 5.82. The number of likely N-dealkylation sites (tertiary alicyclic amines) is 2. The first-order chi connectivity index (χ1) is 10.4. The van der Waals surface area contributed by atoms with E-state index in [2.05, 4.69) is 49.7 Å². The Morgan fingerprint density at radius 2 is 1.77 bits per heavy atom. The molecule has 0 amide bonds. The van der Waals surface area contributed by atoms with Gasteiger partial charge in [-0.1, -0.05) is 13.8 Å². The Bertz CT molecular complexity index is 381. The van der Waals surface area contributed by atoms with Crippen molar-refractivity contribution in [2.45, 2.75) is 65.8 Å². The van der Waals surface area contributed by atoms with Crippen molar-refractivity contribution in [3.8, 4) is 0 Å². The molecule has 0 aromatic heterocycles. The Hall–Kier alpha value is -0.770. The summed E-state index contributed by atoms with van der Waals surface area (Å²) >= 11 is 0. The quantitative estimate of drug-likeness (QED) is 0.465. The Morgan fingerprint density at radius 1 is 1.09 bits per heavy atom. The lowest BCUT2D eigenvalue weighted by molar-refractivity contribution is -0.0667. The predicted octanol–water partition coefficient (Wildman–Crippen LogP) is 2.95. The molecule has 2 saturated heterocycles. The van der Waals surface area contributed by atoms with E-state index >= 15 is 0 Å². The van der Waals surface area contributed by atoms with Gasteiger partial charge in [-0.15, -0.1) is 0 Å². The van der Waals surface area contributed by atoms with Crippen molar-refractivity contribution in [2.24, 2.45) is 10.4 Å². The Labute approximate surface area is 137 Å². The molecule has 2 aliphatic rings. The first-order valence-electron chi connectivity index (χ1n) is 9.17. The van der Waals surface area contributed by atoms with Crippen molar-refractivity contribution in [3.63, 3.8) is 0 Å². The maximum absolute atomic E-state index is 4.87. The van der Waals surface area contributed by atoms with E-state index in [1.807, 2.05) is 0 Å². The SMILES string of the molecule is CCNC(=NCCCCN1CCCC1)N1CC(C)(C)C1(C)C. The molecule has 2 fully saturated rings. The molecule has 2 rings (SSSR count). The summed E-state index contributed by atoms with van der Waals surface area (Å²) in [5, 5.41) is 3.48. The number of hydrogen-bond donors (Lipinski definition) is 1. The minimum Gasteiger partial charge on any atom is -0.356 e. The lowest BCUT2D eigenvalue weighted by Gasteiger charge is -2.62. The number of guanidine groups is 1. The van der Waals surface area contributed by atoms with Gasteiger partial charge in [0.25, 0.3) is 0 Å². The van der Waals surface area contributed by atoms with Crippen LogP contribution in [0.5, 0.6) is 0 Å². The lowest BCUT2D eigenvalue weighted by atomic mass is 9.65. The average Bonchev–Trinajstić information content (AvgIpc) is 2.97. The molecule has 0 unspecified atom stereocenters. The van der Waals surface area contributed by atoms with Crippen LogP contribution in [-0.4, -0.2) is 60.6 Å². The molecule has 0 spiro atoms. The van der Waals surface area contributed by atoms with E-state index in [4.69, 9.17) is 4.99 Å². The topological polar surface area (TPSA) is 30.9 Å². The summed E-state index contributed by atoms with van der Waals surface area (Å²) in [6.07, 6.45) is 5.26. The van der Waals surface area contributed by atoms with Gasteiger partial charge in [0.2, 0.25) is 0 Å². The summed E-state index contributed by atoms with van der Waals surface area (Å²) in [5.74, 6) is 1.10. The first-order valence-corrected chi connectivity index (χ1v) is 9.17. The summed E-state index contributed by atoms with van der Waals surface area (Å²) in [4.78, 5) is 9.91. The zero-order chi connectivity index (χ0) is 16.2. The zero-order valence-electron chi connectivity index (χ0n) is 15.4. The molecule has 4 heteroatoms. The third-order valence-corrected chi connectivity index (χ3v) is 5.82. The van der Waals surface area contributed by atoms with E-state index in [0.29, 0.717) is 5.41 Å². The molecule has 2 heterocycles. The van der Waals surface area contributed by atoms with Crippen LogP contribution in [0.25, 0.3) is 0 Å². The van der Waals surface area contributed by atoms with Crippen molar-refractivity contribution in [2.75, 3.05) is 39.3 Å². The highest BCUT2D eigenvalue weighted by Gasteiger charge is 2.53. The van der Waals surface area contributed by atoms with Crippen LogP contribution in [0.15, 0.2) is 4.99 Å². The fourth-order valence-corrected chi connectivity index (χ4v) is 3.43. The van der Waals surface area contributed by atoms with E-state index in [0.717, 1.165) is 25.6 Å². The lowest BCUT2D eigenvalue weighted by Crippen LogP contribution is -2.72. The third kappa shape index (κ3) is 3.76. The highest BCUT2D eigenvalue weighted by atomic mass is 15.4. The van der Waals surface area contributed by atoms with Gasteiger partial charge >= 0.3 is 0 Å². The number of rotatable bonds is 6. The fourth-order valence-electron chi connectivity index (χ4n) is 3.43. The van der Waals surface area contributed by atoms with Crippen molar-refractivity contribution < 1.29 is 0 Å². The van der Waals surface area contributed by atoms with Gasteiger partial charge in [-0.05, 0) is 66.1 Å². The second kappa shape index (κ2) is 7.20. The summed E-state index contributed by atoms with van der Waals surface area (Å²) < 4.78 is 0. The van der Waals surface area contributed by atoms with Gasteiger partial charge in [-0.2, -0.15) is 0 Å². The van der Waals surface area contributed by atoms with Crippen LogP contribution in [0.2, 0.25) is 0 Å². The molecule has 0 radical (unpaired) electrons. The normalized spacial score (nSPS) is 24.4. The number of aliphatic imine (C=N–C) groups is 1. The van der Waals surface area contributed by atoms with Gasteiger partial charge in [0, 0.05) is 30.6 Å². The highest BCUT2D eigenvalue weighted by Crippen LogP contribution is 2.46. The standard InChI is InChI=1S/C18H36N4/c1-6-19-16(22-15-17(2,3)18(22,4)5)20-11-7-8-12-21-13-9-10-14-21/h6-15H2,1-5H3,(H,19,20). The number of unbranched alkanes of at least 4 members (excludes halogenated alkanes) is 1. The van der Waals surface area contributed by atoms with E-state index in [1.54, 1.807) is 0 Å². The third-order valence-electron chi connectivity index (χ3n) is 5.82. The summed E-state index contributed by atoms with van der Waals surface area (Å²) in [7, 11) is 0. The molecule has 0 bridgehead atoms. The van der Waals surface area contributed by atoms with E-state index in [-0.39, 0.29) is 5.54 Å². The molecular weight excluding hydrogens is 272 g/mol. The molecule has 1 N–H and O–H groups in total. The maximum atomic E-state index is 4.87. The van der Waals surface area contributed by atoms with Crippen LogP contribution >= 0.6 is 0 Å². The Balaban J connectivity index is 1.78. The first kappa shape index (κ1) is 17.6. The number of hydrogen-bond acceptors (Lipinski definition) is 2. The second-order valence-electron chi connectivity index (χ2n) is 8.02. The second-order valence-corrected chi connectivity index (χ2v) is 8.02. The van der Waals surface area contributed by atoms with Gasteiger partial charge in [-0.25, -0.2) is 0 Å². The molecule has 0 aromatic rings. The van der Waals surface area contributed by atoms with Gasteiger partial charge in [0.05, 0.1) is 0 Å². The van der Waals surface area contributed by atoms with Crippen molar-refractivity contribution in [3.05, 3.63) is 0 Å². The molecule has 0 atom stereocenters. The molecule has 2 aliphatic heterocycles. The van der Waals surface area contributed by atoms with Crippen molar-refractivity contribution in [1.82, 2.24) is 15.1 Å². The molecule has 4 nitrogen and oxygen atoms in total. The molecule has 0 aliphatic carbocycles. The van der Waals surface area contributed by atoms with Crippen LogP contribution in [0, 0.1) is 5.41 Å². The van der Waals surface area contributed by atoms with E-state index in [9.17, 15) is 0 Å². The van der Waals surface area contributed by atoms with E-state index in [1.165, 1.54) is 45.3 Å². The molecule has 0 saturated carbocycles. The summed E-state index contributed by atoms with van der Waals surface area (Å²) in [5.41, 5.74) is 0.544. The van der Waals surface area contributed by atoms with Gasteiger partial charge in [0.1, 0.15) is 0 Å². The minimum atomic E-state index is 0.184. The maximum Gasteiger partial charge on any atom is 0.194 e. The predicted molar refractivity (Wildman–Crippen MR) is 95.5 cm³/mol. The molecular formula is C18H36N4. The van der Waals surface area contributed by atoms with Crippen LogP contribution in [0.1, 0.15) is 60.3 Å². The van der Waals surface area contributed by atoms with Crippen LogP contribution in [0.3, 0.4) is 0 Å². The van der Waals surface area contributed by atoms with Crippen LogP contribution < -0.4 is 5.32 Å². The van der Waals surface area contributed by atoms with Gasteiger partial charge < -0.3 is 15.1 Å². The van der Waals surface area contributed by atoms with Crippen LogP contribution in [0.4, 0.5) is 0 Å². The summed E-state index contributed by atoms with van der Waals surface area (Å²) in [6, 6.07) is 0. The zero-order valence-corrected chi connectivity index (χ0v) is 15.4. The van der Waals surface area contributed by atoms with Crippen LogP contribution in [-0.2, 0) is 0 Å². The average molecular weight is 309 g/mol. The van der Waals surface area contributed by atoms with Gasteiger partial charge in [-0.3, -0.25) is 4.99 Å². The smallest absolute Gasteiger partial charge is 0.194 e. The van der Waals surface area contributed by atoms with Gasteiger partial charge in [0.15, 0.2) is 5.96 Å². The fraction of sp³-hybridized carbons (Fsp3) is 0.944. The molecule has 128 valence electrons. The number of nitrogens with one attached hydrogen (secondary N) is 1. The summed E-state index contributed by atoms with van der Waals surface area (Å²) in [6.45, 7) is 18.4. The minimum absolute atomic E-state index is 0.184. The van der Waals surface area contributed by atoms with E-state index < -0.39 is 0 Å². The Morgan fingerprint density at radius 3 is 2.32 bits per heavy atom. The molecule has 22 heavy (non-hydrogen) atoms. The molecule has 0 aromatic carbocycles.